The third-order valence-corrected chi connectivity index (χ3v) is 16.8. The van der Waals surface area contributed by atoms with E-state index in [0.717, 1.165) is 4.57 Å². The van der Waals surface area contributed by atoms with Crippen LogP contribution in [-0.2, 0) is 22.5 Å². The molecule has 3 atom stereocenters. The summed E-state index contributed by atoms with van der Waals surface area (Å²) in [6.45, 7) is 16.9. The maximum Gasteiger partial charge on any atom is 0.335 e. The van der Waals surface area contributed by atoms with Crippen LogP contribution in [0.1, 0.15) is 61.6 Å². The maximum atomic E-state index is 13.4. The molecule has 0 bridgehead atoms. The number of carbonyl (C=O) groups is 1. The Bertz CT molecular complexity index is 940. The Morgan fingerprint density at radius 1 is 0.938 bits per heavy atom. The van der Waals surface area contributed by atoms with Crippen molar-refractivity contribution in [2.45, 2.75) is 96.0 Å². The lowest BCUT2D eigenvalue weighted by atomic mass is 10.1. The zero-order valence-electron chi connectivity index (χ0n) is 20.2. The lowest BCUT2D eigenvalue weighted by Gasteiger charge is -2.50. The smallest absolute Gasteiger partial charge is 0.335 e. The summed E-state index contributed by atoms with van der Waals surface area (Å²) in [6, 6.07) is 1.19. The molecule has 2 aliphatic heterocycles. The highest BCUT2D eigenvalue weighted by molar-refractivity contribution is 6.84. The number of fused-ring (bicyclic) bond motifs is 1. The van der Waals surface area contributed by atoms with Crippen molar-refractivity contribution in [1.29, 1.82) is 0 Å². The average molecular weight is 485 g/mol. The quantitative estimate of drug-likeness (QED) is 0.640. The summed E-state index contributed by atoms with van der Waals surface area (Å²) < 4.78 is 27.5. The molecule has 11 heteroatoms. The van der Waals surface area contributed by atoms with E-state index in [4.69, 9.17) is 17.7 Å². The molecule has 32 heavy (non-hydrogen) atoms. The first kappa shape index (κ1) is 25.3. The zero-order valence-corrected chi connectivity index (χ0v) is 22.2. The van der Waals surface area contributed by atoms with Crippen LogP contribution >= 0.6 is 0 Å². The fraction of sp³-hybridized carbons (Fsp3) is 0.762. The molecule has 3 heterocycles. The van der Waals surface area contributed by atoms with Gasteiger partial charge >= 0.3 is 22.8 Å². The van der Waals surface area contributed by atoms with E-state index in [-0.39, 0.29) is 34.6 Å². The first-order valence-electron chi connectivity index (χ1n) is 11.4. The van der Waals surface area contributed by atoms with Crippen molar-refractivity contribution < 1.29 is 22.5 Å². The molecule has 2 fully saturated rings. The van der Waals surface area contributed by atoms with Crippen molar-refractivity contribution in [3.05, 3.63) is 33.1 Å². The van der Waals surface area contributed by atoms with Crippen LogP contribution in [0.25, 0.3) is 0 Å². The molecule has 1 aromatic heterocycles. The van der Waals surface area contributed by atoms with Crippen LogP contribution in [0.3, 0.4) is 0 Å². The van der Waals surface area contributed by atoms with Gasteiger partial charge in [-0.15, -0.1) is 0 Å². The van der Waals surface area contributed by atoms with Crippen molar-refractivity contribution in [1.82, 2.24) is 9.55 Å². The lowest BCUT2D eigenvalue weighted by Crippen LogP contribution is -2.65. The zero-order chi connectivity index (χ0) is 24.0. The predicted molar refractivity (Wildman–Crippen MR) is 124 cm³/mol. The van der Waals surface area contributed by atoms with Gasteiger partial charge in [-0.3, -0.25) is 19.1 Å². The highest BCUT2D eigenvalue weighted by Crippen LogP contribution is 2.47. The van der Waals surface area contributed by atoms with Gasteiger partial charge in [0.05, 0.1) is 6.61 Å². The van der Waals surface area contributed by atoms with E-state index in [1.165, 1.54) is 12.3 Å². The van der Waals surface area contributed by atoms with Crippen LogP contribution in [-0.4, -0.2) is 51.3 Å². The Labute approximate surface area is 190 Å². The van der Waals surface area contributed by atoms with Crippen molar-refractivity contribution >= 4 is 22.9 Å². The fourth-order valence-electron chi connectivity index (χ4n) is 4.83. The van der Waals surface area contributed by atoms with Gasteiger partial charge in [0, 0.05) is 12.3 Å². The fourth-order valence-corrected chi connectivity index (χ4v) is 16.0. The Morgan fingerprint density at radius 3 is 2.00 bits per heavy atom. The molecule has 2 aliphatic rings. The minimum Gasteiger partial charge on any atom is -0.414 e. The minimum atomic E-state index is -2.97. The van der Waals surface area contributed by atoms with Gasteiger partial charge in [-0.1, -0.05) is 55.4 Å². The van der Waals surface area contributed by atoms with Gasteiger partial charge in [-0.2, -0.15) is 0 Å². The molecule has 9 nitrogen and oxygen atoms in total. The monoisotopic (exact) mass is 484 g/mol. The molecule has 1 aromatic rings. The van der Waals surface area contributed by atoms with E-state index in [1.54, 1.807) is 0 Å². The van der Waals surface area contributed by atoms with Gasteiger partial charge in [-0.25, -0.2) is 4.79 Å². The maximum absolute atomic E-state index is 13.4. The van der Waals surface area contributed by atoms with Crippen LogP contribution in [0.2, 0.25) is 22.2 Å². The summed E-state index contributed by atoms with van der Waals surface area (Å²) in [6.07, 6.45) is -1.47. The van der Waals surface area contributed by atoms with E-state index < -0.39 is 46.8 Å². The van der Waals surface area contributed by atoms with Crippen molar-refractivity contribution in [2.75, 3.05) is 6.61 Å². The first-order valence-corrected chi connectivity index (χ1v) is 15.3. The minimum absolute atomic E-state index is 0.0666. The highest BCUT2D eigenvalue weighted by atomic mass is 28.5. The number of hydrogen-bond donors (Lipinski definition) is 1. The number of ketones is 1. The van der Waals surface area contributed by atoms with E-state index >= 15 is 0 Å². The summed E-state index contributed by atoms with van der Waals surface area (Å²) in [5.41, 5.74) is -0.768. The van der Waals surface area contributed by atoms with Crippen molar-refractivity contribution in [2.24, 2.45) is 0 Å². The molecular weight excluding hydrogens is 448 g/mol. The van der Waals surface area contributed by atoms with E-state index in [1.807, 2.05) is 0 Å². The van der Waals surface area contributed by atoms with Crippen molar-refractivity contribution in [3.63, 3.8) is 0 Å². The molecular formula is C21H36N2O7Si2. The average Bonchev–Trinajstić information content (AvgIpc) is 2.96. The van der Waals surface area contributed by atoms with E-state index in [9.17, 15) is 14.4 Å². The number of nitrogens with zero attached hydrogens (tertiary/aromatic N) is 1. The number of rotatable bonds is 5. The van der Waals surface area contributed by atoms with Gasteiger partial charge in [-0.05, 0) is 22.2 Å². The molecule has 1 N–H and O–H groups in total. The second-order valence-corrected chi connectivity index (χ2v) is 18.8. The SMILES string of the molecule is CC(C)[Si]1(C(C)C)OC[C@H]2OC(n3ccc(=O)[nH]c3=O)C(=O)[C@@H]2O[Si](C(C)C)(C(C)C)O1. The van der Waals surface area contributed by atoms with Crippen LogP contribution in [0, 0.1) is 0 Å². The first-order chi connectivity index (χ1) is 14.9. The van der Waals surface area contributed by atoms with Crippen LogP contribution in [0.15, 0.2) is 21.9 Å². The largest absolute Gasteiger partial charge is 0.414 e. The van der Waals surface area contributed by atoms with Crippen molar-refractivity contribution in [3.8, 4) is 0 Å². The molecule has 0 aliphatic carbocycles. The summed E-state index contributed by atoms with van der Waals surface area (Å²) in [7, 11) is -5.72. The van der Waals surface area contributed by atoms with Gasteiger partial charge in [0.2, 0.25) is 5.78 Å². The number of carbonyl (C=O) groups excluding carboxylic acids is 1. The molecule has 0 aromatic carbocycles. The summed E-state index contributed by atoms with van der Waals surface area (Å²) >= 11 is 0. The second kappa shape index (κ2) is 9.11. The number of ether oxygens (including phenoxy) is 1. The van der Waals surface area contributed by atoms with Crippen LogP contribution in [0.4, 0.5) is 0 Å². The van der Waals surface area contributed by atoms with Gasteiger partial charge in [0.1, 0.15) is 12.2 Å². The van der Waals surface area contributed by atoms with Gasteiger partial charge < -0.3 is 17.7 Å². The standard InChI is InChI=1S/C21H36N2O7Si2/c1-12(2)31(13(3)4)27-11-16-19(29-32(30-31,14(5)6)15(7)8)18(25)20(28-16)23-10-9-17(24)22-21(23)26/h9-10,12-16,19-20H,11H2,1-8H3,(H,22,24,26)/t16-,19-,20?/m1/s1. The van der Waals surface area contributed by atoms with Gasteiger partial charge in [0.15, 0.2) is 6.23 Å². The number of aromatic amines is 1. The molecule has 3 rings (SSSR count). The molecule has 1 unspecified atom stereocenters. The molecule has 0 spiro atoms. The van der Waals surface area contributed by atoms with E-state index in [0.29, 0.717) is 0 Å². The second-order valence-electron chi connectivity index (χ2n) is 9.96. The third-order valence-electron chi connectivity index (χ3n) is 6.59. The topological polar surface area (TPSA) is 109 Å². The van der Waals surface area contributed by atoms with Crippen LogP contribution in [0.5, 0.6) is 0 Å². The lowest BCUT2D eigenvalue weighted by molar-refractivity contribution is -0.130. The number of H-pyrrole nitrogens is 1. The Hall–Kier alpha value is -1.38. The highest BCUT2D eigenvalue weighted by Gasteiger charge is 2.61. The Kier molecular flexibility index (Phi) is 7.19. The summed E-state index contributed by atoms with van der Waals surface area (Å²) in [5, 5.41) is 0. The van der Waals surface area contributed by atoms with Gasteiger partial charge in [0.25, 0.3) is 5.56 Å². The summed E-state index contributed by atoms with van der Waals surface area (Å²) in [5.74, 6) is -0.363. The Balaban J connectivity index is 2.09. The number of Topliss-reactive ketones (excluding diaryl/α,β-unsaturated/α-hetero) is 1. The number of hydrogen-bond acceptors (Lipinski definition) is 7. The molecule has 0 radical (unpaired) electrons. The molecule has 0 amide bonds. The number of nitrogens with one attached hydrogen (secondary N) is 1. The van der Waals surface area contributed by atoms with E-state index in [2.05, 4.69) is 60.4 Å². The predicted octanol–water partition coefficient (Wildman–Crippen LogP) is 2.96. The molecule has 0 saturated carbocycles. The number of aromatic nitrogens is 2. The van der Waals surface area contributed by atoms with Crippen LogP contribution < -0.4 is 11.2 Å². The third kappa shape index (κ3) is 4.14. The summed E-state index contributed by atoms with van der Waals surface area (Å²) in [4.78, 5) is 39.4. The molecule has 180 valence electrons. The molecule has 2 saturated heterocycles. The normalized spacial score (nSPS) is 27.8. The Morgan fingerprint density at radius 2 is 1.50 bits per heavy atom.